The highest BCUT2D eigenvalue weighted by Gasteiger charge is 2.12. The number of nitrogens with zero attached hydrogens (tertiary/aromatic N) is 1. The van der Waals surface area contributed by atoms with E-state index in [9.17, 15) is 0 Å². The van der Waals surface area contributed by atoms with E-state index in [4.69, 9.17) is 5.26 Å². The van der Waals surface area contributed by atoms with Crippen molar-refractivity contribution in [1.29, 1.82) is 5.26 Å². The monoisotopic (exact) mass is 302 g/mol. The van der Waals surface area contributed by atoms with Crippen molar-refractivity contribution in [3.8, 4) is 5.40 Å². The van der Waals surface area contributed by atoms with E-state index in [2.05, 4.69) is 45.4 Å². The van der Waals surface area contributed by atoms with Crippen LogP contribution in [0.25, 0.3) is 0 Å². The summed E-state index contributed by atoms with van der Waals surface area (Å²) < 4.78 is 1.15. The minimum atomic E-state index is 1.02. The molecule has 0 saturated heterocycles. The predicted octanol–water partition coefficient (Wildman–Crippen LogP) is 2.83. The number of thiocyanates is 1. The number of rotatable bonds is 1. The Morgan fingerprint density at radius 3 is 3.15 bits per heavy atom. The third-order valence-electron chi connectivity index (χ3n) is 2.02. The Balaban J connectivity index is 2.44. The molecule has 0 unspecified atom stereocenters. The van der Waals surface area contributed by atoms with E-state index in [1.807, 2.05) is 0 Å². The largest absolute Gasteiger partial charge is 0.384 e. The lowest BCUT2D eigenvalue weighted by Crippen LogP contribution is -1.91. The molecule has 2 nitrogen and oxygen atoms in total. The van der Waals surface area contributed by atoms with E-state index in [-0.39, 0.29) is 0 Å². The Hall–Kier alpha value is -0.410. The smallest absolute Gasteiger partial charge is 0.138 e. The van der Waals surface area contributed by atoms with Gasteiger partial charge in [0.25, 0.3) is 0 Å². The average molecular weight is 302 g/mol. The number of hydrogen-bond acceptors (Lipinski definition) is 3. The predicted molar refractivity (Wildman–Crippen MR) is 62.8 cm³/mol. The van der Waals surface area contributed by atoms with Gasteiger partial charge in [0, 0.05) is 20.7 Å². The van der Waals surface area contributed by atoms with E-state index in [0.717, 1.165) is 21.4 Å². The van der Waals surface area contributed by atoms with Crippen LogP contribution in [0.4, 0.5) is 5.69 Å². The fourth-order valence-corrected chi connectivity index (χ4v) is 2.68. The van der Waals surface area contributed by atoms with Crippen LogP contribution < -0.4 is 5.32 Å². The number of anilines is 1. The molecule has 0 radical (unpaired) electrons. The summed E-state index contributed by atoms with van der Waals surface area (Å²) in [6.07, 6.45) is 1.07. The minimum absolute atomic E-state index is 1.02. The lowest BCUT2D eigenvalue weighted by atomic mass is 10.2. The molecule has 0 bridgehead atoms. The van der Waals surface area contributed by atoms with Crippen molar-refractivity contribution in [1.82, 2.24) is 0 Å². The van der Waals surface area contributed by atoms with Gasteiger partial charge in [-0.2, -0.15) is 5.26 Å². The summed E-state index contributed by atoms with van der Waals surface area (Å²) in [4.78, 5) is 1.07. The van der Waals surface area contributed by atoms with Crippen molar-refractivity contribution in [3.05, 3.63) is 21.3 Å². The average Bonchev–Trinajstić information content (AvgIpc) is 2.52. The molecule has 0 fully saturated rings. The Morgan fingerprint density at radius 2 is 2.38 bits per heavy atom. The van der Waals surface area contributed by atoms with Gasteiger partial charge in [0.2, 0.25) is 0 Å². The molecule has 66 valence electrons. The van der Waals surface area contributed by atoms with Crippen molar-refractivity contribution in [2.75, 3.05) is 11.9 Å². The molecular weight excluding hydrogens is 295 g/mol. The summed E-state index contributed by atoms with van der Waals surface area (Å²) in [6, 6.07) is 4.23. The Labute approximate surface area is 94.8 Å². The Bertz CT molecular complexity index is 384. The molecule has 1 heterocycles. The van der Waals surface area contributed by atoms with E-state index in [1.165, 1.54) is 23.0 Å². The van der Waals surface area contributed by atoms with Crippen LogP contribution in [0.5, 0.6) is 0 Å². The van der Waals surface area contributed by atoms with Gasteiger partial charge in [-0.25, -0.2) is 0 Å². The third-order valence-corrected chi connectivity index (χ3v) is 3.93. The first-order valence-corrected chi connectivity index (χ1v) is 5.83. The number of fused-ring (bicyclic) bond motifs is 1. The highest BCUT2D eigenvalue weighted by Crippen LogP contribution is 2.32. The highest BCUT2D eigenvalue weighted by molar-refractivity contribution is 14.1. The lowest BCUT2D eigenvalue weighted by molar-refractivity contribution is 1.10. The quantitative estimate of drug-likeness (QED) is 0.492. The summed E-state index contributed by atoms with van der Waals surface area (Å²) in [7, 11) is 0. The fourth-order valence-electron chi connectivity index (χ4n) is 1.43. The second kappa shape index (κ2) is 3.76. The van der Waals surface area contributed by atoms with Crippen LogP contribution in [0.3, 0.4) is 0 Å². The lowest BCUT2D eigenvalue weighted by Gasteiger charge is -2.03. The molecule has 13 heavy (non-hydrogen) atoms. The Morgan fingerprint density at radius 1 is 1.54 bits per heavy atom. The van der Waals surface area contributed by atoms with Crippen molar-refractivity contribution < 1.29 is 0 Å². The van der Waals surface area contributed by atoms with E-state index in [0.29, 0.717) is 0 Å². The van der Waals surface area contributed by atoms with Crippen molar-refractivity contribution in [2.24, 2.45) is 0 Å². The first kappa shape index (κ1) is 9.16. The number of hydrogen-bond donors (Lipinski definition) is 1. The summed E-state index contributed by atoms with van der Waals surface area (Å²) >= 11 is 3.50. The van der Waals surface area contributed by atoms with Crippen molar-refractivity contribution in [2.45, 2.75) is 11.3 Å². The van der Waals surface area contributed by atoms with Gasteiger partial charge in [-0.05, 0) is 58.5 Å². The number of nitrogens with one attached hydrogen (secondary N) is 1. The zero-order valence-electron chi connectivity index (χ0n) is 6.80. The normalized spacial score (nSPS) is 13.2. The second-order valence-corrected chi connectivity index (χ2v) is 4.80. The molecule has 0 spiro atoms. The summed E-state index contributed by atoms with van der Waals surface area (Å²) in [5, 5.41) is 14.0. The molecule has 1 aromatic carbocycles. The molecule has 1 aliphatic heterocycles. The number of thioether (sulfide) groups is 1. The molecule has 1 aromatic rings. The van der Waals surface area contributed by atoms with Gasteiger partial charge >= 0.3 is 0 Å². The van der Waals surface area contributed by atoms with Gasteiger partial charge in [0.05, 0.1) is 0 Å². The maximum Gasteiger partial charge on any atom is 0.138 e. The third kappa shape index (κ3) is 1.76. The minimum Gasteiger partial charge on any atom is -0.384 e. The van der Waals surface area contributed by atoms with Gasteiger partial charge in [0.1, 0.15) is 5.40 Å². The van der Waals surface area contributed by atoms with Crippen LogP contribution in [0, 0.1) is 14.2 Å². The molecule has 0 atom stereocenters. The molecule has 0 saturated carbocycles. The molecule has 1 N–H and O–H groups in total. The molecule has 0 aromatic heterocycles. The van der Waals surface area contributed by atoms with Gasteiger partial charge < -0.3 is 5.32 Å². The standard InChI is InChI=1S/C9H7IN2S/c10-7-4-8-6(1-2-12-8)3-9(7)13-5-11/h3-4,12H,1-2H2. The van der Waals surface area contributed by atoms with Gasteiger partial charge in [0.15, 0.2) is 0 Å². The number of halogens is 1. The Kier molecular flexibility index (Phi) is 2.65. The summed E-state index contributed by atoms with van der Waals surface area (Å²) in [5.41, 5.74) is 2.56. The SMILES string of the molecule is N#CSc1cc2c(cc1I)NCC2. The van der Waals surface area contributed by atoms with Crippen molar-refractivity contribution >= 4 is 40.0 Å². The maximum atomic E-state index is 8.59. The highest BCUT2D eigenvalue weighted by atomic mass is 127. The molecule has 1 aliphatic rings. The first-order chi connectivity index (χ1) is 6.31. The van der Waals surface area contributed by atoms with E-state index >= 15 is 0 Å². The van der Waals surface area contributed by atoms with Crippen LogP contribution >= 0.6 is 34.4 Å². The molecule has 2 rings (SSSR count). The summed E-state index contributed by atoms with van der Waals surface area (Å²) in [5.74, 6) is 0. The zero-order valence-corrected chi connectivity index (χ0v) is 9.78. The molecule has 0 aliphatic carbocycles. The zero-order chi connectivity index (χ0) is 9.26. The van der Waals surface area contributed by atoms with Gasteiger partial charge in [-0.3, -0.25) is 0 Å². The van der Waals surface area contributed by atoms with Gasteiger partial charge in [-0.1, -0.05) is 0 Å². The number of nitriles is 1. The first-order valence-electron chi connectivity index (χ1n) is 3.93. The second-order valence-electron chi connectivity index (χ2n) is 2.81. The number of benzene rings is 1. The topological polar surface area (TPSA) is 35.8 Å². The molecule has 4 heteroatoms. The molecular formula is C9H7IN2S. The van der Waals surface area contributed by atoms with Crippen LogP contribution in [0.2, 0.25) is 0 Å². The maximum absolute atomic E-state index is 8.59. The van der Waals surface area contributed by atoms with Crippen LogP contribution in [-0.2, 0) is 6.42 Å². The van der Waals surface area contributed by atoms with Crippen LogP contribution in [0.15, 0.2) is 17.0 Å². The van der Waals surface area contributed by atoms with Crippen LogP contribution in [0.1, 0.15) is 5.56 Å². The van der Waals surface area contributed by atoms with Gasteiger partial charge in [-0.15, -0.1) is 0 Å². The van der Waals surface area contributed by atoms with Crippen molar-refractivity contribution in [3.63, 3.8) is 0 Å². The fraction of sp³-hybridized carbons (Fsp3) is 0.222. The van der Waals surface area contributed by atoms with E-state index < -0.39 is 0 Å². The molecule has 0 amide bonds. The summed E-state index contributed by atoms with van der Waals surface area (Å²) in [6.45, 7) is 1.02. The van der Waals surface area contributed by atoms with E-state index in [1.54, 1.807) is 0 Å². The van der Waals surface area contributed by atoms with Crippen LogP contribution in [-0.4, -0.2) is 6.54 Å².